The molecule has 1 aliphatic rings. The van der Waals surface area contributed by atoms with E-state index in [1.807, 2.05) is 13.8 Å². The van der Waals surface area contributed by atoms with E-state index >= 15 is 0 Å². The predicted octanol–water partition coefficient (Wildman–Crippen LogP) is 5.82. The van der Waals surface area contributed by atoms with Crippen LogP contribution in [0, 0.1) is 0 Å². The highest BCUT2D eigenvalue weighted by atomic mass is 35.5. The first-order valence-electron chi connectivity index (χ1n) is 9.29. The van der Waals surface area contributed by atoms with E-state index < -0.39 is 12.1 Å². The van der Waals surface area contributed by atoms with Gasteiger partial charge in [0.05, 0.1) is 0 Å². The third-order valence-corrected chi connectivity index (χ3v) is 4.56. The van der Waals surface area contributed by atoms with Crippen LogP contribution in [-0.2, 0) is 0 Å². The van der Waals surface area contributed by atoms with Crippen molar-refractivity contribution in [2.45, 2.75) is 26.7 Å². The largest absolute Gasteiger partial charge is 0.348 e. The summed E-state index contributed by atoms with van der Waals surface area (Å²) >= 11 is 11.9. The van der Waals surface area contributed by atoms with Crippen molar-refractivity contribution in [3.63, 3.8) is 0 Å². The van der Waals surface area contributed by atoms with Crippen molar-refractivity contribution in [2.75, 3.05) is 10.6 Å². The molecule has 0 atom stereocenters. The van der Waals surface area contributed by atoms with Crippen LogP contribution in [0.2, 0.25) is 10.0 Å². The van der Waals surface area contributed by atoms with Crippen molar-refractivity contribution in [1.29, 1.82) is 0 Å². The van der Waals surface area contributed by atoms with Gasteiger partial charge in [-0.1, -0.05) is 49.2 Å². The molecule has 10 heteroatoms. The Balaban J connectivity index is 1.81. The van der Waals surface area contributed by atoms with Gasteiger partial charge in [-0.3, -0.25) is 0 Å². The fourth-order valence-electron chi connectivity index (χ4n) is 2.68. The highest BCUT2D eigenvalue weighted by Crippen LogP contribution is 2.20. The van der Waals surface area contributed by atoms with Crippen LogP contribution in [0.1, 0.15) is 26.7 Å². The Bertz CT molecular complexity index is 942. The average molecular weight is 447 g/mol. The third-order valence-electron chi connectivity index (χ3n) is 4.09. The van der Waals surface area contributed by atoms with E-state index in [0.29, 0.717) is 45.9 Å². The van der Waals surface area contributed by atoms with Gasteiger partial charge in [0.15, 0.2) is 11.7 Å². The molecule has 2 aromatic rings. The molecule has 30 heavy (non-hydrogen) atoms. The second-order valence-corrected chi connectivity index (χ2v) is 7.12. The molecule has 4 amide bonds. The average Bonchev–Trinajstić information content (AvgIpc) is 2.72. The molecule has 0 unspecified atom stereocenters. The number of amidine groups is 2. The lowest BCUT2D eigenvalue weighted by Crippen LogP contribution is -2.46. The smallest absolute Gasteiger partial charge is 0.306 e. The zero-order valence-electron chi connectivity index (χ0n) is 16.4. The van der Waals surface area contributed by atoms with Gasteiger partial charge in [-0.15, -0.1) is 10.2 Å². The number of anilines is 2. The number of urea groups is 2. The summed E-state index contributed by atoms with van der Waals surface area (Å²) in [5, 5.41) is 17.5. The van der Waals surface area contributed by atoms with Crippen molar-refractivity contribution in [3.8, 4) is 0 Å². The van der Waals surface area contributed by atoms with Gasteiger partial charge in [-0.2, -0.15) is 10.0 Å². The van der Waals surface area contributed by atoms with Crippen molar-refractivity contribution in [3.05, 3.63) is 58.6 Å². The van der Waals surface area contributed by atoms with Crippen LogP contribution in [0.4, 0.5) is 21.0 Å². The summed E-state index contributed by atoms with van der Waals surface area (Å²) in [6.45, 7) is 3.63. The van der Waals surface area contributed by atoms with Gasteiger partial charge in [0.2, 0.25) is 0 Å². The number of halogens is 2. The quantitative estimate of drug-likeness (QED) is 0.618. The predicted molar refractivity (Wildman–Crippen MR) is 120 cm³/mol. The highest BCUT2D eigenvalue weighted by Gasteiger charge is 2.29. The van der Waals surface area contributed by atoms with Gasteiger partial charge in [-0.05, 0) is 36.4 Å². The first kappa shape index (κ1) is 21.6. The van der Waals surface area contributed by atoms with Crippen molar-refractivity contribution in [1.82, 2.24) is 10.0 Å². The standard InChI is InChI=1S/C20H20Cl2N6O2/c1-3-17-25-28(20(30)24-16-10-6-8-14(22)12-16)18(4-2)26-27(17)19(29)23-15-9-5-7-13(21)11-15/h5-12H,3-4H2,1-2H3,(H,23,29)(H,24,30). The number of carbonyl (C=O) groups excluding carboxylic acids is 2. The second-order valence-electron chi connectivity index (χ2n) is 6.24. The fraction of sp³-hybridized carbons (Fsp3) is 0.200. The van der Waals surface area contributed by atoms with Crippen molar-refractivity contribution in [2.24, 2.45) is 10.2 Å². The van der Waals surface area contributed by atoms with E-state index in [1.54, 1.807) is 48.5 Å². The van der Waals surface area contributed by atoms with Crippen LogP contribution in [-0.4, -0.2) is 33.8 Å². The molecule has 0 fully saturated rings. The summed E-state index contributed by atoms with van der Waals surface area (Å²) in [5.74, 6) is 0.626. The maximum absolute atomic E-state index is 12.8. The van der Waals surface area contributed by atoms with Gasteiger partial charge in [0, 0.05) is 34.3 Å². The molecule has 0 spiro atoms. The first-order chi connectivity index (χ1) is 14.4. The molecule has 8 nitrogen and oxygen atoms in total. The molecular weight excluding hydrogens is 427 g/mol. The van der Waals surface area contributed by atoms with E-state index in [4.69, 9.17) is 23.2 Å². The summed E-state index contributed by atoms with van der Waals surface area (Å²) < 4.78 is 0. The Morgan fingerprint density at radius 1 is 0.800 bits per heavy atom. The summed E-state index contributed by atoms with van der Waals surface area (Å²) in [7, 11) is 0. The Labute approximate surface area is 184 Å². The SMILES string of the molecule is CCC1=NN(C(=O)Nc2cccc(Cl)c2)C(CC)=NN1C(=O)Nc1cccc(Cl)c1. The molecule has 0 saturated heterocycles. The lowest BCUT2D eigenvalue weighted by molar-refractivity contribution is 0.223. The van der Waals surface area contributed by atoms with Crippen LogP contribution in [0.15, 0.2) is 58.7 Å². The van der Waals surface area contributed by atoms with E-state index in [0.717, 1.165) is 10.0 Å². The maximum Gasteiger partial charge on any atom is 0.348 e. The molecule has 3 rings (SSSR count). The summed E-state index contributed by atoms with van der Waals surface area (Å²) in [6.07, 6.45) is 0.759. The van der Waals surface area contributed by atoms with Gasteiger partial charge in [0.1, 0.15) is 0 Å². The molecule has 2 N–H and O–H groups in total. The minimum atomic E-state index is -0.501. The Kier molecular flexibility index (Phi) is 6.91. The van der Waals surface area contributed by atoms with Crippen molar-refractivity contribution >= 4 is 58.3 Å². The molecule has 156 valence electrons. The summed E-state index contributed by atoms with van der Waals surface area (Å²) in [5.41, 5.74) is 1.05. The zero-order valence-corrected chi connectivity index (χ0v) is 17.9. The fourth-order valence-corrected chi connectivity index (χ4v) is 3.06. The third kappa shape index (κ3) is 5.08. The van der Waals surface area contributed by atoms with Crippen molar-refractivity contribution < 1.29 is 9.59 Å². The van der Waals surface area contributed by atoms with Crippen LogP contribution >= 0.6 is 23.2 Å². The van der Waals surface area contributed by atoms with Gasteiger partial charge < -0.3 is 10.6 Å². The number of hydrazone groups is 2. The maximum atomic E-state index is 12.8. The molecular formula is C20H20Cl2N6O2. The number of carbonyl (C=O) groups is 2. The van der Waals surface area contributed by atoms with E-state index in [2.05, 4.69) is 20.8 Å². The Hall–Kier alpha value is -3.10. The minimum Gasteiger partial charge on any atom is -0.306 e. The number of benzene rings is 2. The lowest BCUT2D eigenvalue weighted by atomic mass is 10.3. The normalized spacial score (nSPS) is 13.5. The summed E-state index contributed by atoms with van der Waals surface area (Å²) in [6, 6.07) is 12.6. The molecule has 2 aromatic carbocycles. The number of rotatable bonds is 4. The molecule has 1 heterocycles. The van der Waals surface area contributed by atoms with Gasteiger partial charge in [-0.25, -0.2) is 9.59 Å². The second kappa shape index (κ2) is 9.60. The lowest BCUT2D eigenvalue weighted by Gasteiger charge is -2.29. The topological polar surface area (TPSA) is 89.4 Å². The number of hydrogen-bond donors (Lipinski definition) is 2. The molecule has 0 aromatic heterocycles. The Morgan fingerprint density at radius 3 is 1.53 bits per heavy atom. The van der Waals surface area contributed by atoms with Gasteiger partial charge >= 0.3 is 12.1 Å². The number of nitrogens with one attached hydrogen (secondary N) is 2. The number of nitrogens with zero attached hydrogens (tertiary/aromatic N) is 4. The van der Waals surface area contributed by atoms with E-state index in [9.17, 15) is 9.59 Å². The molecule has 0 saturated carbocycles. The number of amides is 4. The zero-order chi connectivity index (χ0) is 21.7. The monoisotopic (exact) mass is 446 g/mol. The first-order valence-corrected chi connectivity index (χ1v) is 10.0. The Morgan fingerprint density at radius 2 is 1.20 bits per heavy atom. The highest BCUT2D eigenvalue weighted by molar-refractivity contribution is 6.31. The number of hydrogen-bond acceptors (Lipinski definition) is 4. The van der Waals surface area contributed by atoms with Gasteiger partial charge in [0.25, 0.3) is 0 Å². The van der Waals surface area contributed by atoms with Crippen LogP contribution in [0.25, 0.3) is 0 Å². The summed E-state index contributed by atoms with van der Waals surface area (Å²) in [4.78, 5) is 25.5. The molecule has 1 aliphatic heterocycles. The van der Waals surface area contributed by atoms with Crippen LogP contribution in [0.3, 0.4) is 0 Å². The van der Waals surface area contributed by atoms with E-state index in [-0.39, 0.29) is 0 Å². The van der Waals surface area contributed by atoms with E-state index in [1.165, 1.54) is 0 Å². The molecule has 0 bridgehead atoms. The van der Waals surface area contributed by atoms with Crippen LogP contribution in [0.5, 0.6) is 0 Å². The minimum absolute atomic E-state index is 0.313. The molecule has 0 radical (unpaired) electrons. The van der Waals surface area contributed by atoms with Crippen LogP contribution < -0.4 is 10.6 Å². The molecule has 0 aliphatic carbocycles.